The molecule has 10 nitrogen and oxygen atoms in total. The van der Waals surface area contributed by atoms with Crippen LogP contribution in [0.1, 0.15) is 49.7 Å². The number of carbonyl (C=O) groups is 3. The van der Waals surface area contributed by atoms with Gasteiger partial charge in [0.05, 0.1) is 5.39 Å². The second-order valence-electron chi connectivity index (χ2n) is 8.44. The molecule has 0 saturated carbocycles. The van der Waals surface area contributed by atoms with E-state index in [4.69, 9.17) is 4.74 Å². The van der Waals surface area contributed by atoms with Crippen LogP contribution in [0.4, 0.5) is 4.79 Å². The van der Waals surface area contributed by atoms with Gasteiger partial charge in [0.2, 0.25) is 0 Å². The SMILES string of the molecule is CCCn1nc(C(=O)NNC(=O)[C@@H](NC(=O)OCc2ccccc2)[C@@H](C)CC)c2ccccc2c1=O. The van der Waals surface area contributed by atoms with E-state index in [1.165, 1.54) is 4.68 Å². The number of hydrogen-bond donors (Lipinski definition) is 3. The Morgan fingerprint density at radius 2 is 1.64 bits per heavy atom. The molecule has 0 bridgehead atoms. The van der Waals surface area contributed by atoms with Crippen molar-refractivity contribution in [2.75, 3.05) is 0 Å². The predicted octanol–water partition coefficient (Wildman–Crippen LogP) is 2.91. The van der Waals surface area contributed by atoms with E-state index in [0.717, 1.165) is 5.56 Å². The van der Waals surface area contributed by atoms with Gasteiger partial charge in [-0.3, -0.25) is 25.2 Å². The molecule has 0 saturated heterocycles. The smallest absolute Gasteiger partial charge is 0.408 e. The molecule has 3 aromatic rings. The summed E-state index contributed by atoms with van der Waals surface area (Å²) >= 11 is 0. The minimum absolute atomic E-state index is 0.00858. The molecule has 3 N–H and O–H groups in total. The summed E-state index contributed by atoms with van der Waals surface area (Å²) in [5.41, 5.74) is 5.27. The van der Waals surface area contributed by atoms with Crippen molar-refractivity contribution in [1.29, 1.82) is 0 Å². The van der Waals surface area contributed by atoms with Crippen LogP contribution in [0.2, 0.25) is 0 Å². The lowest BCUT2D eigenvalue weighted by Crippen LogP contribution is -2.55. The minimum Gasteiger partial charge on any atom is -0.445 e. The van der Waals surface area contributed by atoms with Crippen molar-refractivity contribution in [3.8, 4) is 0 Å². The molecule has 0 aliphatic rings. The first-order valence-corrected chi connectivity index (χ1v) is 11.9. The third-order valence-electron chi connectivity index (χ3n) is 5.80. The molecule has 0 unspecified atom stereocenters. The molecule has 36 heavy (non-hydrogen) atoms. The minimum atomic E-state index is -0.947. The van der Waals surface area contributed by atoms with Crippen LogP contribution >= 0.6 is 0 Å². The Labute approximate surface area is 209 Å². The van der Waals surface area contributed by atoms with Gasteiger partial charge in [-0.1, -0.05) is 75.7 Å². The van der Waals surface area contributed by atoms with Crippen molar-refractivity contribution in [3.63, 3.8) is 0 Å². The summed E-state index contributed by atoms with van der Waals surface area (Å²) < 4.78 is 6.48. The van der Waals surface area contributed by atoms with Gasteiger partial charge in [0, 0.05) is 11.9 Å². The molecule has 3 amide bonds. The van der Waals surface area contributed by atoms with Crippen molar-refractivity contribution < 1.29 is 19.1 Å². The number of hydrogen-bond acceptors (Lipinski definition) is 6. The van der Waals surface area contributed by atoms with Crippen LogP contribution in [0, 0.1) is 5.92 Å². The number of nitrogens with zero attached hydrogens (tertiary/aromatic N) is 2. The zero-order chi connectivity index (χ0) is 26.1. The monoisotopic (exact) mass is 493 g/mol. The van der Waals surface area contributed by atoms with Gasteiger partial charge in [0.15, 0.2) is 5.69 Å². The Morgan fingerprint density at radius 3 is 2.31 bits per heavy atom. The Morgan fingerprint density at radius 1 is 0.972 bits per heavy atom. The van der Waals surface area contributed by atoms with Crippen LogP contribution in [-0.2, 0) is 22.7 Å². The topological polar surface area (TPSA) is 131 Å². The van der Waals surface area contributed by atoms with Gasteiger partial charge in [-0.2, -0.15) is 5.10 Å². The molecule has 0 aliphatic heterocycles. The Kier molecular flexibility index (Phi) is 9.15. The lowest BCUT2D eigenvalue weighted by Gasteiger charge is -2.23. The average Bonchev–Trinajstić information content (AvgIpc) is 2.90. The normalized spacial score (nSPS) is 12.4. The third-order valence-corrected chi connectivity index (χ3v) is 5.80. The van der Waals surface area contributed by atoms with Crippen LogP contribution < -0.4 is 21.7 Å². The maximum absolute atomic E-state index is 13.0. The van der Waals surface area contributed by atoms with Crippen molar-refractivity contribution in [2.45, 2.75) is 52.8 Å². The van der Waals surface area contributed by atoms with E-state index >= 15 is 0 Å². The van der Waals surface area contributed by atoms with E-state index in [1.54, 1.807) is 31.2 Å². The van der Waals surface area contributed by atoms with E-state index in [2.05, 4.69) is 21.3 Å². The molecule has 2 aromatic carbocycles. The van der Waals surface area contributed by atoms with E-state index < -0.39 is 23.9 Å². The van der Waals surface area contributed by atoms with E-state index in [0.29, 0.717) is 30.2 Å². The second kappa shape index (κ2) is 12.5. The van der Waals surface area contributed by atoms with Crippen molar-refractivity contribution in [2.24, 2.45) is 5.92 Å². The number of amides is 3. The van der Waals surface area contributed by atoms with Crippen molar-refractivity contribution in [1.82, 2.24) is 25.9 Å². The zero-order valence-corrected chi connectivity index (χ0v) is 20.6. The molecule has 0 spiro atoms. The molecular weight excluding hydrogens is 462 g/mol. The number of alkyl carbamates (subject to hydrolysis) is 1. The van der Waals surface area contributed by atoms with E-state index in [9.17, 15) is 19.2 Å². The Bertz CT molecular complexity index is 1270. The number of nitrogens with one attached hydrogen (secondary N) is 3. The molecule has 1 aromatic heterocycles. The number of benzene rings is 2. The highest BCUT2D eigenvalue weighted by Crippen LogP contribution is 2.13. The van der Waals surface area contributed by atoms with Gasteiger partial charge in [-0.25, -0.2) is 9.48 Å². The summed E-state index contributed by atoms with van der Waals surface area (Å²) in [7, 11) is 0. The summed E-state index contributed by atoms with van der Waals surface area (Å²) in [6.45, 7) is 5.99. The number of hydrazine groups is 1. The molecule has 2 atom stereocenters. The number of aromatic nitrogens is 2. The fraction of sp³-hybridized carbons (Fsp3) is 0.346. The maximum atomic E-state index is 13.0. The molecule has 10 heteroatoms. The molecule has 190 valence electrons. The first-order chi connectivity index (χ1) is 17.3. The van der Waals surface area contributed by atoms with Gasteiger partial charge in [-0.05, 0) is 24.0 Å². The lowest BCUT2D eigenvalue weighted by molar-refractivity contribution is -0.125. The fourth-order valence-electron chi connectivity index (χ4n) is 3.62. The number of rotatable bonds is 9. The number of fused-ring (bicyclic) bond motifs is 1. The van der Waals surface area contributed by atoms with Crippen LogP contribution in [0.3, 0.4) is 0 Å². The molecular formula is C26H31N5O5. The lowest BCUT2D eigenvalue weighted by atomic mass is 9.99. The average molecular weight is 494 g/mol. The molecule has 0 aliphatic carbocycles. The second-order valence-corrected chi connectivity index (χ2v) is 8.44. The molecule has 1 heterocycles. The highest BCUT2D eigenvalue weighted by Gasteiger charge is 2.27. The van der Waals surface area contributed by atoms with Gasteiger partial charge in [-0.15, -0.1) is 0 Å². The van der Waals surface area contributed by atoms with Crippen LogP contribution in [0.25, 0.3) is 10.8 Å². The molecule has 0 fully saturated rings. The van der Waals surface area contributed by atoms with Crippen molar-refractivity contribution >= 4 is 28.7 Å². The van der Waals surface area contributed by atoms with Gasteiger partial charge < -0.3 is 10.1 Å². The summed E-state index contributed by atoms with van der Waals surface area (Å²) in [4.78, 5) is 50.9. The predicted molar refractivity (Wildman–Crippen MR) is 135 cm³/mol. The number of aryl methyl sites for hydroxylation is 1. The summed E-state index contributed by atoms with van der Waals surface area (Å²) in [5.74, 6) is -1.53. The zero-order valence-electron chi connectivity index (χ0n) is 20.6. The van der Waals surface area contributed by atoms with Gasteiger partial charge in [0.1, 0.15) is 12.6 Å². The number of ether oxygens (including phenoxy) is 1. The standard InChI is InChI=1S/C26H31N5O5/c1-4-15-31-25(34)20-14-10-9-13-19(20)22(30-31)24(33)29-28-23(32)21(17(3)5-2)27-26(35)36-16-18-11-7-6-8-12-18/h6-14,17,21H,4-5,15-16H2,1-3H3,(H,27,35)(H,28,32)(H,29,33)/t17-,21-/m0/s1. The van der Waals surface area contributed by atoms with Crippen LogP contribution in [0.5, 0.6) is 0 Å². The highest BCUT2D eigenvalue weighted by molar-refractivity contribution is 6.05. The largest absolute Gasteiger partial charge is 0.445 e. The highest BCUT2D eigenvalue weighted by atomic mass is 16.5. The Balaban J connectivity index is 1.70. The number of carbonyl (C=O) groups excluding carboxylic acids is 3. The first kappa shape index (κ1) is 26.4. The van der Waals surface area contributed by atoms with Crippen LogP contribution in [-0.4, -0.2) is 33.7 Å². The Hall–Kier alpha value is -4.21. The summed E-state index contributed by atoms with van der Waals surface area (Å²) in [6.07, 6.45) is 0.509. The quantitative estimate of drug-likeness (QED) is 0.393. The molecule has 0 radical (unpaired) electrons. The summed E-state index contributed by atoms with van der Waals surface area (Å²) in [5, 5.41) is 7.53. The van der Waals surface area contributed by atoms with E-state index in [-0.39, 0.29) is 23.8 Å². The van der Waals surface area contributed by atoms with E-state index in [1.807, 2.05) is 44.2 Å². The third kappa shape index (κ3) is 6.47. The fourth-order valence-corrected chi connectivity index (χ4v) is 3.62. The first-order valence-electron chi connectivity index (χ1n) is 11.9. The summed E-state index contributed by atoms with van der Waals surface area (Å²) in [6, 6.07) is 14.9. The van der Waals surface area contributed by atoms with Crippen molar-refractivity contribution in [3.05, 3.63) is 76.2 Å². The maximum Gasteiger partial charge on any atom is 0.408 e. The van der Waals surface area contributed by atoms with Gasteiger partial charge in [0.25, 0.3) is 17.4 Å². The van der Waals surface area contributed by atoms with Crippen LogP contribution in [0.15, 0.2) is 59.4 Å². The molecule has 3 rings (SSSR count). The van der Waals surface area contributed by atoms with Gasteiger partial charge >= 0.3 is 6.09 Å².